The fraction of sp³-hybridized carbons (Fsp3) is 0.429. The Bertz CT molecular complexity index is 510. The van der Waals surface area contributed by atoms with Crippen LogP contribution in [-0.4, -0.2) is 43.0 Å². The van der Waals surface area contributed by atoms with E-state index < -0.39 is 0 Å². The lowest BCUT2D eigenvalue weighted by Gasteiger charge is -2.07. The summed E-state index contributed by atoms with van der Waals surface area (Å²) in [5, 5.41) is 13.1. The van der Waals surface area contributed by atoms with Crippen LogP contribution in [0.25, 0.3) is 10.9 Å². The molecule has 0 aliphatic rings. The molecular weight excluding hydrogens is 242 g/mol. The van der Waals surface area contributed by atoms with E-state index in [0.29, 0.717) is 19.8 Å². The molecule has 0 unspecified atom stereocenters. The minimum Gasteiger partial charge on any atom is -0.394 e. The lowest BCUT2D eigenvalue weighted by atomic mass is 10.1. The fourth-order valence-corrected chi connectivity index (χ4v) is 2.09. The monoisotopic (exact) mass is 263 g/mol. The van der Waals surface area contributed by atoms with Crippen molar-refractivity contribution in [1.82, 2.24) is 4.98 Å². The quantitative estimate of drug-likeness (QED) is 0.537. The normalized spacial score (nSPS) is 11.1. The van der Waals surface area contributed by atoms with E-state index in [1.165, 1.54) is 10.9 Å². The molecular formula is C14H21N3O2. The summed E-state index contributed by atoms with van der Waals surface area (Å²) in [5.74, 6) is 0. The number of aliphatic hydroxyl groups excluding tert-OH is 1. The maximum absolute atomic E-state index is 8.59. The summed E-state index contributed by atoms with van der Waals surface area (Å²) in [6.07, 6.45) is 2.91. The Labute approximate surface area is 112 Å². The Morgan fingerprint density at radius 1 is 1.32 bits per heavy atom. The molecule has 0 spiro atoms. The van der Waals surface area contributed by atoms with Crippen molar-refractivity contribution >= 4 is 16.6 Å². The number of hydrogen-bond acceptors (Lipinski definition) is 4. The number of aromatic amines is 1. The van der Waals surface area contributed by atoms with Gasteiger partial charge in [-0.3, -0.25) is 0 Å². The van der Waals surface area contributed by atoms with E-state index in [0.717, 1.165) is 24.2 Å². The van der Waals surface area contributed by atoms with Gasteiger partial charge in [0.2, 0.25) is 0 Å². The molecule has 5 heteroatoms. The molecule has 0 radical (unpaired) electrons. The zero-order chi connectivity index (χ0) is 13.5. The number of aromatic nitrogens is 1. The highest BCUT2D eigenvalue weighted by Crippen LogP contribution is 2.22. The standard InChI is InChI=1S/C14H21N3O2/c15-4-3-11-10-17-14-9-12(1-2-13(11)14)16-5-7-19-8-6-18/h1-2,9-10,16-18H,3-8,15H2. The van der Waals surface area contributed by atoms with Crippen molar-refractivity contribution in [3.8, 4) is 0 Å². The molecule has 0 aliphatic heterocycles. The number of ether oxygens (including phenoxy) is 1. The fourth-order valence-electron chi connectivity index (χ4n) is 2.09. The van der Waals surface area contributed by atoms with E-state index in [9.17, 15) is 0 Å². The van der Waals surface area contributed by atoms with Gasteiger partial charge in [0.1, 0.15) is 0 Å². The summed E-state index contributed by atoms with van der Waals surface area (Å²) in [4.78, 5) is 3.26. The molecule has 0 saturated heterocycles. The van der Waals surface area contributed by atoms with Crippen LogP contribution in [0.1, 0.15) is 5.56 Å². The second-order valence-corrected chi connectivity index (χ2v) is 4.38. The molecule has 0 aliphatic carbocycles. The first-order valence-electron chi connectivity index (χ1n) is 6.57. The molecule has 104 valence electrons. The maximum Gasteiger partial charge on any atom is 0.0698 e. The van der Waals surface area contributed by atoms with Crippen LogP contribution < -0.4 is 11.1 Å². The smallest absolute Gasteiger partial charge is 0.0698 e. The molecule has 5 N–H and O–H groups in total. The van der Waals surface area contributed by atoms with Gasteiger partial charge in [-0.05, 0) is 30.7 Å². The number of hydrogen-bond donors (Lipinski definition) is 4. The molecule has 2 rings (SSSR count). The zero-order valence-electron chi connectivity index (χ0n) is 11.0. The topological polar surface area (TPSA) is 83.3 Å². The number of rotatable bonds is 8. The summed E-state index contributed by atoms with van der Waals surface area (Å²) < 4.78 is 5.19. The van der Waals surface area contributed by atoms with Gasteiger partial charge in [0.25, 0.3) is 0 Å². The average Bonchev–Trinajstić information content (AvgIpc) is 2.82. The summed E-state index contributed by atoms with van der Waals surface area (Å²) in [7, 11) is 0. The molecule has 0 bridgehead atoms. The van der Waals surface area contributed by atoms with Crippen molar-refractivity contribution in [3.05, 3.63) is 30.0 Å². The Hall–Kier alpha value is -1.56. The lowest BCUT2D eigenvalue weighted by molar-refractivity contribution is 0.0992. The summed E-state index contributed by atoms with van der Waals surface area (Å²) >= 11 is 0. The van der Waals surface area contributed by atoms with Gasteiger partial charge in [0.05, 0.1) is 19.8 Å². The second kappa shape index (κ2) is 7.13. The number of nitrogens with one attached hydrogen (secondary N) is 2. The third kappa shape index (κ3) is 3.70. The Morgan fingerprint density at radius 2 is 2.21 bits per heavy atom. The Kier molecular flexibility index (Phi) is 5.20. The van der Waals surface area contributed by atoms with Crippen molar-refractivity contribution in [2.24, 2.45) is 5.73 Å². The number of fused-ring (bicyclic) bond motifs is 1. The molecule has 19 heavy (non-hydrogen) atoms. The van der Waals surface area contributed by atoms with Crippen LogP contribution in [0.2, 0.25) is 0 Å². The lowest BCUT2D eigenvalue weighted by Crippen LogP contribution is -2.11. The molecule has 2 aromatic rings. The summed E-state index contributed by atoms with van der Waals surface area (Å²) in [6, 6.07) is 6.25. The average molecular weight is 263 g/mol. The van der Waals surface area contributed by atoms with Crippen LogP contribution in [0.5, 0.6) is 0 Å². The van der Waals surface area contributed by atoms with Crippen molar-refractivity contribution in [2.45, 2.75) is 6.42 Å². The molecule has 0 fully saturated rings. The molecule has 5 nitrogen and oxygen atoms in total. The zero-order valence-corrected chi connectivity index (χ0v) is 11.0. The molecule has 1 aromatic heterocycles. The van der Waals surface area contributed by atoms with Crippen LogP contribution in [0.3, 0.4) is 0 Å². The van der Waals surface area contributed by atoms with Gasteiger partial charge in [-0.2, -0.15) is 0 Å². The van der Waals surface area contributed by atoms with Crippen molar-refractivity contribution in [1.29, 1.82) is 0 Å². The first-order chi connectivity index (χ1) is 9.35. The van der Waals surface area contributed by atoms with Crippen LogP contribution in [-0.2, 0) is 11.2 Å². The van der Waals surface area contributed by atoms with Gasteiger partial charge in [-0.15, -0.1) is 0 Å². The third-order valence-corrected chi connectivity index (χ3v) is 2.99. The van der Waals surface area contributed by atoms with Crippen molar-refractivity contribution in [2.75, 3.05) is 38.2 Å². The van der Waals surface area contributed by atoms with Gasteiger partial charge in [-0.25, -0.2) is 0 Å². The number of aliphatic hydroxyl groups is 1. The SMILES string of the molecule is NCCc1c[nH]c2cc(NCCOCCO)ccc12. The van der Waals surface area contributed by atoms with Gasteiger partial charge in [0, 0.05) is 29.3 Å². The van der Waals surface area contributed by atoms with Crippen LogP contribution >= 0.6 is 0 Å². The maximum atomic E-state index is 8.59. The number of anilines is 1. The van der Waals surface area contributed by atoms with Gasteiger partial charge >= 0.3 is 0 Å². The minimum atomic E-state index is 0.0678. The molecule has 0 saturated carbocycles. The van der Waals surface area contributed by atoms with Crippen molar-refractivity contribution in [3.63, 3.8) is 0 Å². The van der Waals surface area contributed by atoms with Gasteiger partial charge in [0.15, 0.2) is 0 Å². The van der Waals surface area contributed by atoms with E-state index in [1.807, 2.05) is 6.20 Å². The number of nitrogens with two attached hydrogens (primary N) is 1. The van der Waals surface area contributed by atoms with E-state index in [2.05, 4.69) is 28.5 Å². The predicted molar refractivity (Wildman–Crippen MR) is 77.5 cm³/mol. The van der Waals surface area contributed by atoms with Crippen LogP contribution in [0.15, 0.2) is 24.4 Å². The van der Waals surface area contributed by atoms with E-state index in [1.54, 1.807) is 0 Å². The highest BCUT2D eigenvalue weighted by molar-refractivity contribution is 5.86. The first-order valence-corrected chi connectivity index (χ1v) is 6.57. The largest absolute Gasteiger partial charge is 0.394 e. The second-order valence-electron chi connectivity index (χ2n) is 4.38. The molecule has 1 aromatic carbocycles. The summed E-state index contributed by atoms with van der Waals surface area (Å²) in [5.41, 5.74) is 9.02. The minimum absolute atomic E-state index is 0.0678. The Balaban J connectivity index is 1.94. The summed E-state index contributed by atoms with van der Waals surface area (Å²) in [6.45, 7) is 2.43. The van der Waals surface area contributed by atoms with E-state index in [4.69, 9.17) is 15.6 Å². The third-order valence-electron chi connectivity index (χ3n) is 2.99. The van der Waals surface area contributed by atoms with Crippen LogP contribution in [0, 0.1) is 0 Å². The Morgan fingerprint density at radius 3 is 3.00 bits per heavy atom. The van der Waals surface area contributed by atoms with E-state index in [-0.39, 0.29) is 6.61 Å². The van der Waals surface area contributed by atoms with Crippen molar-refractivity contribution < 1.29 is 9.84 Å². The van der Waals surface area contributed by atoms with Crippen LogP contribution in [0.4, 0.5) is 5.69 Å². The number of benzene rings is 1. The highest BCUT2D eigenvalue weighted by Gasteiger charge is 2.03. The van der Waals surface area contributed by atoms with Gasteiger partial charge in [-0.1, -0.05) is 6.07 Å². The predicted octanol–water partition coefficient (Wildman–Crippen LogP) is 1.09. The molecule has 1 heterocycles. The van der Waals surface area contributed by atoms with Gasteiger partial charge < -0.3 is 25.9 Å². The highest BCUT2D eigenvalue weighted by atomic mass is 16.5. The van der Waals surface area contributed by atoms with E-state index >= 15 is 0 Å². The molecule has 0 amide bonds. The first kappa shape index (κ1) is 13.9. The number of H-pyrrole nitrogens is 1. The molecule has 0 atom stereocenters.